The summed E-state index contributed by atoms with van der Waals surface area (Å²) in [6.45, 7) is 3.54. The molecule has 7 heteroatoms. The molecule has 2 rings (SSSR count). The summed E-state index contributed by atoms with van der Waals surface area (Å²) in [5.74, 6) is 0.136. The van der Waals surface area contributed by atoms with Crippen LogP contribution in [0, 0.1) is 13.8 Å². The highest BCUT2D eigenvalue weighted by Gasteiger charge is 2.13. The Bertz CT molecular complexity index is 676. The number of nitrogens with zero attached hydrogens (tertiary/aromatic N) is 2. The Balaban J connectivity index is 2.26. The maximum Gasteiger partial charge on any atom is 0.277 e. The van der Waals surface area contributed by atoms with Gasteiger partial charge in [-0.25, -0.2) is 0 Å². The molecule has 1 amide bonds. The van der Waals surface area contributed by atoms with E-state index < -0.39 is 0 Å². The standard InChI is InChI=1S/C13H14N4O3/c1-7-3-4-9(12(14)16-19)6-10(7)15-13(18)11-5-8(2)20-17-11/h3-6,19H,1-2H3,(H2,14,16)(H,15,18). The zero-order valence-corrected chi connectivity index (χ0v) is 11.0. The number of anilines is 1. The van der Waals surface area contributed by atoms with Gasteiger partial charge >= 0.3 is 0 Å². The first kappa shape index (κ1) is 13.6. The lowest BCUT2D eigenvalue weighted by Crippen LogP contribution is -2.16. The predicted molar refractivity (Wildman–Crippen MR) is 72.9 cm³/mol. The molecule has 0 aliphatic rings. The van der Waals surface area contributed by atoms with Crippen LogP contribution in [0.25, 0.3) is 0 Å². The number of oxime groups is 1. The number of aromatic nitrogens is 1. The molecule has 0 bridgehead atoms. The lowest BCUT2D eigenvalue weighted by molar-refractivity contribution is 0.101. The van der Waals surface area contributed by atoms with Gasteiger partial charge < -0.3 is 20.8 Å². The third kappa shape index (κ3) is 2.77. The van der Waals surface area contributed by atoms with Crippen molar-refractivity contribution in [2.45, 2.75) is 13.8 Å². The molecular formula is C13H14N4O3. The van der Waals surface area contributed by atoms with Crippen LogP contribution in [0.15, 0.2) is 33.9 Å². The van der Waals surface area contributed by atoms with Crippen LogP contribution in [0.5, 0.6) is 0 Å². The fraction of sp³-hybridized carbons (Fsp3) is 0.154. The second-order valence-corrected chi connectivity index (χ2v) is 4.29. The van der Waals surface area contributed by atoms with E-state index in [2.05, 4.69) is 15.6 Å². The minimum absolute atomic E-state index is 0.0298. The van der Waals surface area contributed by atoms with Gasteiger partial charge in [-0.1, -0.05) is 22.4 Å². The summed E-state index contributed by atoms with van der Waals surface area (Å²) >= 11 is 0. The van der Waals surface area contributed by atoms with Crippen molar-refractivity contribution < 1.29 is 14.5 Å². The minimum Gasteiger partial charge on any atom is -0.409 e. The highest BCUT2D eigenvalue weighted by molar-refractivity contribution is 6.04. The van der Waals surface area contributed by atoms with Crippen LogP contribution in [0.1, 0.15) is 27.4 Å². The summed E-state index contributed by atoms with van der Waals surface area (Å²) in [4.78, 5) is 12.0. The number of amidine groups is 1. The minimum atomic E-state index is -0.387. The molecule has 20 heavy (non-hydrogen) atoms. The summed E-state index contributed by atoms with van der Waals surface area (Å²) in [6, 6.07) is 6.62. The first-order chi connectivity index (χ1) is 9.51. The lowest BCUT2D eigenvalue weighted by atomic mass is 10.1. The van der Waals surface area contributed by atoms with E-state index >= 15 is 0 Å². The molecular weight excluding hydrogens is 260 g/mol. The SMILES string of the molecule is Cc1cc(C(=O)Nc2cc(C(N)=NO)ccc2C)no1. The Hall–Kier alpha value is -2.83. The Morgan fingerprint density at radius 1 is 1.40 bits per heavy atom. The Kier molecular flexibility index (Phi) is 3.69. The monoisotopic (exact) mass is 274 g/mol. The molecule has 0 atom stereocenters. The van der Waals surface area contributed by atoms with Crippen LogP contribution in [-0.2, 0) is 0 Å². The quantitative estimate of drug-likeness (QED) is 0.341. The number of hydrogen-bond acceptors (Lipinski definition) is 5. The molecule has 0 saturated heterocycles. The van der Waals surface area contributed by atoms with Gasteiger partial charge in [-0.2, -0.15) is 0 Å². The Morgan fingerprint density at radius 2 is 2.15 bits per heavy atom. The lowest BCUT2D eigenvalue weighted by Gasteiger charge is -2.09. The fourth-order valence-corrected chi connectivity index (χ4v) is 1.63. The van der Waals surface area contributed by atoms with Gasteiger partial charge in [-0.15, -0.1) is 0 Å². The average Bonchev–Trinajstić information content (AvgIpc) is 2.87. The number of carbonyl (C=O) groups excluding carboxylic acids is 1. The van der Waals surface area contributed by atoms with Crippen molar-refractivity contribution in [1.82, 2.24) is 5.16 Å². The van der Waals surface area contributed by atoms with Crippen molar-refractivity contribution in [1.29, 1.82) is 0 Å². The second-order valence-electron chi connectivity index (χ2n) is 4.29. The average molecular weight is 274 g/mol. The van der Waals surface area contributed by atoms with Crippen molar-refractivity contribution in [3.05, 3.63) is 46.8 Å². The number of nitrogens with one attached hydrogen (secondary N) is 1. The van der Waals surface area contributed by atoms with E-state index in [9.17, 15) is 4.79 Å². The maximum atomic E-state index is 12.0. The summed E-state index contributed by atoms with van der Waals surface area (Å²) in [5.41, 5.74) is 7.61. The van der Waals surface area contributed by atoms with E-state index in [1.165, 1.54) is 6.07 Å². The largest absolute Gasteiger partial charge is 0.409 e. The maximum absolute atomic E-state index is 12.0. The molecule has 0 aliphatic carbocycles. The number of rotatable bonds is 3. The van der Waals surface area contributed by atoms with Gasteiger partial charge in [0.1, 0.15) is 5.76 Å². The third-order valence-corrected chi connectivity index (χ3v) is 2.75. The van der Waals surface area contributed by atoms with Gasteiger partial charge in [-0.3, -0.25) is 4.79 Å². The molecule has 1 aromatic carbocycles. The molecule has 0 unspecified atom stereocenters. The number of aryl methyl sites for hydroxylation is 2. The molecule has 0 fully saturated rings. The van der Waals surface area contributed by atoms with Gasteiger partial charge in [0.25, 0.3) is 5.91 Å². The van der Waals surface area contributed by atoms with Crippen LogP contribution >= 0.6 is 0 Å². The zero-order chi connectivity index (χ0) is 14.7. The number of amides is 1. The van der Waals surface area contributed by atoms with Gasteiger partial charge in [0, 0.05) is 17.3 Å². The van der Waals surface area contributed by atoms with Gasteiger partial charge in [0.2, 0.25) is 0 Å². The molecule has 0 spiro atoms. The molecule has 4 N–H and O–H groups in total. The van der Waals surface area contributed by atoms with E-state index in [1.807, 2.05) is 6.92 Å². The van der Waals surface area contributed by atoms with Gasteiger partial charge in [0.05, 0.1) is 0 Å². The topological polar surface area (TPSA) is 114 Å². The summed E-state index contributed by atoms with van der Waals surface area (Å²) < 4.78 is 4.85. The first-order valence-corrected chi connectivity index (χ1v) is 5.84. The molecule has 1 heterocycles. The van der Waals surface area contributed by atoms with Crippen molar-refractivity contribution >= 4 is 17.4 Å². The van der Waals surface area contributed by atoms with Crippen LogP contribution in [-0.4, -0.2) is 22.1 Å². The van der Waals surface area contributed by atoms with Crippen LogP contribution < -0.4 is 11.1 Å². The smallest absolute Gasteiger partial charge is 0.277 e. The summed E-state index contributed by atoms with van der Waals surface area (Å²) in [7, 11) is 0. The molecule has 1 aromatic heterocycles. The molecule has 0 aliphatic heterocycles. The second kappa shape index (κ2) is 5.43. The van der Waals surface area contributed by atoms with E-state index in [-0.39, 0.29) is 17.4 Å². The van der Waals surface area contributed by atoms with Crippen LogP contribution in [0.2, 0.25) is 0 Å². The normalized spacial score (nSPS) is 11.4. The van der Waals surface area contributed by atoms with Crippen molar-refractivity contribution in [3.8, 4) is 0 Å². The summed E-state index contributed by atoms with van der Waals surface area (Å²) in [5, 5.41) is 17.9. The third-order valence-electron chi connectivity index (χ3n) is 2.75. The molecule has 0 radical (unpaired) electrons. The molecule has 104 valence electrons. The number of carbonyl (C=O) groups is 1. The Labute approximate surface area is 115 Å². The fourth-order valence-electron chi connectivity index (χ4n) is 1.63. The van der Waals surface area contributed by atoms with Crippen LogP contribution in [0.3, 0.4) is 0 Å². The summed E-state index contributed by atoms with van der Waals surface area (Å²) in [6.07, 6.45) is 0. The van der Waals surface area contributed by atoms with Gasteiger partial charge in [-0.05, 0) is 25.5 Å². The Morgan fingerprint density at radius 3 is 2.75 bits per heavy atom. The molecule has 0 saturated carbocycles. The molecule has 7 nitrogen and oxygen atoms in total. The van der Waals surface area contributed by atoms with E-state index in [0.717, 1.165) is 5.56 Å². The number of nitrogens with two attached hydrogens (primary N) is 1. The van der Waals surface area contributed by atoms with E-state index in [0.29, 0.717) is 17.0 Å². The first-order valence-electron chi connectivity index (χ1n) is 5.84. The van der Waals surface area contributed by atoms with Crippen LogP contribution in [0.4, 0.5) is 5.69 Å². The highest BCUT2D eigenvalue weighted by atomic mass is 16.5. The zero-order valence-electron chi connectivity index (χ0n) is 11.0. The van der Waals surface area contributed by atoms with E-state index in [1.54, 1.807) is 25.1 Å². The van der Waals surface area contributed by atoms with Gasteiger partial charge in [0.15, 0.2) is 11.5 Å². The highest BCUT2D eigenvalue weighted by Crippen LogP contribution is 2.18. The van der Waals surface area contributed by atoms with Crippen molar-refractivity contribution in [3.63, 3.8) is 0 Å². The molecule has 2 aromatic rings. The van der Waals surface area contributed by atoms with Crippen molar-refractivity contribution in [2.75, 3.05) is 5.32 Å². The predicted octanol–water partition coefficient (Wildman–Crippen LogP) is 1.64. The number of benzene rings is 1. The van der Waals surface area contributed by atoms with E-state index in [4.69, 9.17) is 15.5 Å². The number of hydrogen-bond donors (Lipinski definition) is 3. The van der Waals surface area contributed by atoms with Crippen molar-refractivity contribution in [2.24, 2.45) is 10.9 Å².